The molecule has 18 heavy (non-hydrogen) atoms. The van der Waals surface area contributed by atoms with Gasteiger partial charge in [-0.3, -0.25) is 4.90 Å². The highest BCUT2D eigenvalue weighted by atomic mass is 19.1. The SMILES string of the molecule is C[C@@H]1c2cccn2CCN1Cc1ccc(F)cc1. The van der Waals surface area contributed by atoms with Crippen molar-refractivity contribution in [2.45, 2.75) is 26.1 Å². The van der Waals surface area contributed by atoms with E-state index in [1.807, 2.05) is 12.1 Å². The number of fused-ring (bicyclic) bond motifs is 1. The van der Waals surface area contributed by atoms with Crippen LogP contribution in [-0.4, -0.2) is 16.0 Å². The van der Waals surface area contributed by atoms with Crippen molar-refractivity contribution >= 4 is 0 Å². The third-order valence-corrected chi connectivity index (χ3v) is 3.77. The summed E-state index contributed by atoms with van der Waals surface area (Å²) in [4.78, 5) is 2.43. The fourth-order valence-corrected chi connectivity index (χ4v) is 2.67. The molecule has 1 aromatic carbocycles. The average molecular weight is 244 g/mol. The summed E-state index contributed by atoms with van der Waals surface area (Å²) in [6.45, 7) is 5.19. The van der Waals surface area contributed by atoms with Gasteiger partial charge < -0.3 is 4.57 Å². The summed E-state index contributed by atoms with van der Waals surface area (Å²) in [5.41, 5.74) is 2.53. The number of benzene rings is 1. The van der Waals surface area contributed by atoms with E-state index in [1.54, 1.807) is 0 Å². The van der Waals surface area contributed by atoms with Crippen molar-refractivity contribution in [3.63, 3.8) is 0 Å². The van der Waals surface area contributed by atoms with E-state index in [4.69, 9.17) is 0 Å². The molecule has 2 nitrogen and oxygen atoms in total. The maximum atomic E-state index is 12.9. The van der Waals surface area contributed by atoms with Crippen LogP contribution in [0.15, 0.2) is 42.6 Å². The minimum Gasteiger partial charge on any atom is -0.349 e. The van der Waals surface area contributed by atoms with E-state index in [2.05, 4.69) is 34.7 Å². The first-order valence-corrected chi connectivity index (χ1v) is 6.37. The van der Waals surface area contributed by atoms with Crippen LogP contribution in [0.2, 0.25) is 0 Å². The third-order valence-electron chi connectivity index (χ3n) is 3.77. The van der Waals surface area contributed by atoms with Crippen molar-refractivity contribution in [3.8, 4) is 0 Å². The first kappa shape index (κ1) is 11.5. The molecule has 1 aromatic heterocycles. The molecule has 1 aliphatic heterocycles. The Morgan fingerprint density at radius 1 is 1.17 bits per heavy atom. The highest BCUT2D eigenvalue weighted by Gasteiger charge is 2.23. The van der Waals surface area contributed by atoms with Gasteiger partial charge in [-0.1, -0.05) is 12.1 Å². The van der Waals surface area contributed by atoms with Crippen LogP contribution in [0.25, 0.3) is 0 Å². The van der Waals surface area contributed by atoms with Gasteiger partial charge in [-0.2, -0.15) is 0 Å². The van der Waals surface area contributed by atoms with Crippen LogP contribution < -0.4 is 0 Å². The predicted octanol–water partition coefficient (Wildman–Crippen LogP) is 3.20. The molecule has 0 unspecified atom stereocenters. The topological polar surface area (TPSA) is 8.17 Å². The highest BCUT2D eigenvalue weighted by Crippen LogP contribution is 2.26. The first-order chi connectivity index (χ1) is 8.74. The summed E-state index contributed by atoms with van der Waals surface area (Å²) < 4.78 is 15.2. The molecule has 0 saturated heterocycles. The molecule has 0 aliphatic carbocycles. The van der Waals surface area contributed by atoms with Crippen molar-refractivity contribution in [3.05, 3.63) is 59.7 Å². The maximum absolute atomic E-state index is 12.9. The lowest BCUT2D eigenvalue weighted by Gasteiger charge is -2.34. The van der Waals surface area contributed by atoms with Gasteiger partial charge in [0.15, 0.2) is 0 Å². The van der Waals surface area contributed by atoms with Gasteiger partial charge in [-0.05, 0) is 36.8 Å². The lowest BCUT2D eigenvalue weighted by Crippen LogP contribution is -2.35. The van der Waals surface area contributed by atoms with Crippen molar-refractivity contribution in [2.75, 3.05) is 6.54 Å². The van der Waals surface area contributed by atoms with Gasteiger partial charge in [-0.25, -0.2) is 4.39 Å². The molecule has 94 valence electrons. The van der Waals surface area contributed by atoms with Crippen LogP contribution in [0.3, 0.4) is 0 Å². The molecule has 0 radical (unpaired) electrons. The minimum absolute atomic E-state index is 0.167. The molecular weight excluding hydrogens is 227 g/mol. The van der Waals surface area contributed by atoms with Gasteiger partial charge in [0.1, 0.15) is 5.82 Å². The molecule has 2 aromatic rings. The lowest BCUT2D eigenvalue weighted by atomic mass is 10.1. The monoisotopic (exact) mass is 244 g/mol. The maximum Gasteiger partial charge on any atom is 0.123 e. The zero-order chi connectivity index (χ0) is 12.5. The van der Waals surface area contributed by atoms with E-state index >= 15 is 0 Å². The van der Waals surface area contributed by atoms with E-state index in [0.29, 0.717) is 6.04 Å². The number of halogens is 1. The standard InChI is InChI=1S/C15H17FN2/c1-12-15-3-2-8-17(15)9-10-18(12)11-13-4-6-14(16)7-5-13/h2-8,12H,9-11H2,1H3/t12-/m1/s1. The summed E-state index contributed by atoms with van der Waals surface area (Å²) in [5, 5.41) is 0. The molecule has 3 rings (SSSR count). The average Bonchev–Trinajstić information content (AvgIpc) is 2.84. The Labute approximate surface area is 107 Å². The third kappa shape index (κ3) is 2.06. The van der Waals surface area contributed by atoms with Crippen molar-refractivity contribution in [2.24, 2.45) is 0 Å². The fraction of sp³-hybridized carbons (Fsp3) is 0.333. The molecule has 3 heteroatoms. The number of nitrogens with zero attached hydrogens (tertiary/aromatic N) is 2. The van der Waals surface area contributed by atoms with Gasteiger partial charge in [0.2, 0.25) is 0 Å². The Morgan fingerprint density at radius 3 is 2.72 bits per heavy atom. The highest BCUT2D eigenvalue weighted by molar-refractivity contribution is 5.18. The van der Waals surface area contributed by atoms with E-state index in [9.17, 15) is 4.39 Å². The molecule has 0 fully saturated rings. The Bertz CT molecular complexity index is 530. The summed E-state index contributed by atoms with van der Waals surface area (Å²) >= 11 is 0. The van der Waals surface area contributed by atoms with Gasteiger partial charge in [-0.15, -0.1) is 0 Å². The summed E-state index contributed by atoms with van der Waals surface area (Å²) in [6.07, 6.45) is 2.14. The second-order valence-electron chi connectivity index (χ2n) is 4.90. The zero-order valence-electron chi connectivity index (χ0n) is 10.5. The van der Waals surface area contributed by atoms with E-state index in [-0.39, 0.29) is 5.82 Å². The van der Waals surface area contributed by atoms with E-state index in [1.165, 1.54) is 23.4 Å². The van der Waals surface area contributed by atoms with Crippen LogP contribution in [-0.2, 0) is 13.1 Å². The Hall–Kier alpha value is -1.61. The molecule has 0 saturated carbocycles. The number of rotatable bonds is 2. The smallest absolute Gasteiger partial charge is 0.123 e. The second kappa shape index (κ2) is 4.58. The van der Waals surface area contributed by atoms with Crippen LogP contribution >= 0.6 is 0 Å². The fourth-order valence-electron chi connectivity index (χ4n) is 2.67. The van der Waals surface area contributed by atoms with Crippen LogP contribution in [0, 0.1) is 5.82 Å². The van der Waals surface area contributed by atoms with Gasteiger partial charge in [0, 0.05) is 37.6 Å². The van der Waals surface area contributed by atoms with Crippen molar-refractivity contribution < 1.29 is 4.39 Å². The first-order valence-electron chi connectivity index (χ1n) is 6.37. The normalized spacial score (nSPS) is 19.8. The number of hydrogen-bond donors (Lipinski definition) is 0. The van der Waals surface area contributed by atoms with Gasteiger partial charge in [0.05, 0.1) is 0 Å². The molecule has 1 atom stereocenters. The largest absolute Gasteiger partial charge is 0.349 e. The molecule has 1 aliphatic rings. The molecular formula is C15H17FN2. The summed E-state index contributed by atoms with van der Waals surface area (Å²) in [6, 6.07) is 11.5. The molecule has 0 bridgehead atoms. The predicted molar refractivity (Wildman–Crippen MR) is 69.7 cm³/mol. The quantitative estimate of drug-likeness (QED) is 0.787. The molecule has 0 N–H and O–H groups in total. The van der Waals surface area contributed by atoms with Crippen molar-refractivity contribution in [1.82, 2.24) is 9.47 Å². The second-order valence-corrected chi connectivity index (χ2v) is 4.90. The van der Waals surface area contributed by atoms with Crippen LogP contribution in [0.5, 0.6) is 0 Å². The Kier molecular flexibility index (Phi) is 2.92. The van der Waals surface area contributed by atoms with Crippen molar-refractivity contribution in [1.29, 1.82) is 0 Å². The Morgan fingerprint density at radius 2 is 1.94 bits per heavy atom. The minimum atomic E-state index is -0.167. The molecule has 0 amide bonds. The lowest BCUT2D eigenvalue weighted by molar-refractivity contribution is 0.161. The van der Waals surface area contributed by atoms with E-state index in [0.717, 1.165) is 19.6 Å². The Balaban J connectivity index is 1.77. The van der Waals surface area contributed by atoms with Crippen LogP contribution in [0.4, 0.5) is 4.39 Å². The van der Waals surface area contributed by atoms with Gasteiger partial charge in [0.25, 0.3) is 0 Å². The molecule has 2 heterocycles. The number of hydrogen-bond acceptors (Lipinski definition) is 1. The molecule has 0 spiro atoms. The zero-order valence-corrected chi connectivity index (χ0v) is 10.5. The summed E-state index contributed by atoms with van der Waals surface area (Å²) in [5.74, 6) is -0.167. The summed E-state index contributed by atoms with van der Waals surface area (Å²) in [7, 11) is 0. The van der Waals surface area contributed by atoms with Crippen LogP contribution in [0.1, 0.15) is 24.2 Å². The van der Waals surface area contributed by atoms with Gasteiger partial charge >= 0.3 is 0 Å². The van der Waals surface area contributed by atoms with E-state index < -0.39 is 0 Å². The number of aromatic nitrogens is 1.